The Bertz CT molecular complexity index is 511. The summed E-state index contributed by atoms with van der Waals surface area (Å²) >= 11 is 0. The van der Waals surface area contributed by atoms with E-state index in [-0.39, 0.29) is 6.03 Å². The van der Waals surface area contributed by atoms with Gasteiger partial charge in [0.2, 0.25) is 0 Å². The molecular weight excluding hydrogens is 244 g/mol. The zero-order chi connectivity index (χ0) is 14.0. The summed E-state index contributed by atoms with van der Waals surface area (Å²) in [6, 6.07) is 7.66. The minimum atomic E-state index is -1.26. The van der Waals surface area contributed by atoms with Crippen LogP contribution in [0.5, 0.6) is 0 Å². The predicted molar refractivity (Wildman–Crippen MR) is 70.8 cm³/mol. The topological polar surface area (TPSA) is 69.6 Å². The Hall–Kier alpha value is -2.04. The molecule has 1 aliphatic rings. The first kappa shape index (κ1) is 13.4. The van der Waals surface area contributed by atoms with Gasteiger partial charge < -0.3 is 15.3 Å². The summed E-state index contributed by atoms with van der Waals surface area (Å²) in [5, 5.41) is 11.6. The highest BCUT2D eigenvalue weighted by atomic mass is 16.4. The molecule has 2 amide bonds. The van der Waals surface area contributed by atoms with Crippen LogP contribution >= 0.6 is 0 Å². The first-order chi connectivity index (χ1) is 8.90. The molecule has 1 aromatic rings. The Morgan fingerprint density at radius 1 is 1.26 bits per heavy atom. The number of fused-ring (bicyclic) bond motifs is 1. The van der Waals surface area contributed by atoms with Crippen LogP contribution in [0, 0.1) is 0 Å². The van der Waals surface area contributed by atoms with Gasteiger partial charge in [-0.2, -0.15) is 0 Å². The fourth-order valence-corrected chi connectivity index (χ4v) is 2.07. The summed E-state index contributed by atoms with van der Waals surface area (Å²) in [7, 11) is 0. The lowest BCUT2D eigenvalue weighted by Gasteiger charge is -2.31. The van der Waals surface area contributed by atoms with Crippen molar-refractivity contribution in [2.45, 2.75) is 32.4 Å². The lowest BCUT2D eigenvalue weighted by molar-refractivity contribution is -0.143. The number of carboxylic acids is 1. The van der Waals surface area contributed by atoms with Crippen molar-refractivity contribution >= 4 is 12.0 Å². The molecule has 0 fully saturated rings. The second-order valence-electron chi connectivity index (χ2n) is 5.30. The largest absolute Gasteiger partial charge is 0.480 e. The number of carboxylic acid groups (broad SMARTS) is 1. The molecule has 1 aromatic carbocycles. The molecule has 5 nitrogen and oxygen atoms in total. The normalized spacial score (nSPS) is 14.7. The van der Waals surface area contributed by atoms with E-state index in [1.807, 2.05) is 18.2 Å². The van der Waals surface area contributed by atoms with Gasteiger partial charge in [0.05, 0.1) is 0 Å². The molecule has 5 heteroatoms. The fraction of sp³-hybridized carbons (Fsp3) is 0.429. The molecule has 2 rings (SSSR count). The van der Waals surface area contributed by atoms with E-state index >= 15 is 0 Å². The van der Waals surface area contributed by atoms with Crippen LogP contribution in [0.3, 0.4) is 0 Å². The number of benzene rings is 1. The molecule has 0 radical (unpaired) electrons. The van der Waals surface area contributed by atoms with Crippen molar-refractivity contribution in [3.63, 3.8) is 0 Å². The van der Waals surface area contributed by atoms with Crippen molar-refractivity contribution in [1.82, 2.24) is 10.2 Å². The number of hydrogen-bond acceptors (Lipinski definition) is 2. The van der Waals surface area contributed by atoms with Crippen molar-refractivity contribution < 1.29 is 14.7 Å². The minimum Gasteiger partial charge on any atom is -0.480 e. The molecule has 0 saturated carbocycles. The van der Waals surface area contributed by atoms with Crippen LogP contribution in [0.15, 0.2) is 24.3 Å². The summed E-state index contributed by atoms with van der Waals surface area (Å²) in [4.78, 5) is 24.7. The van der Waals surface area contributed by atoms with Crippen LogP contribution in [0.1, 0.15) is 25.0 Å². The van der Waals surface area contributed by atoms with Gasteiger partial charge in [-0.05, 0) is 31.4 Å². The molecule has 0 spiro atoms. The Morgan fingerprint density at radius 2 is 1.89 bits per heavy atom. The number of amides is 2. The van der Waals surface area contributed by atoms with E-state index in [0.717, 1.165) is 12.0 Å². The van der Waals surface area contributed by atoms with Gasteiger partial charge in [0.15, 0.2) is 0 Å². The second-order valence-corrected chi connectivity index (χ2v) is 5.30. The van der Waals surface area contributed by atoms with Crippen molar-refractivity contribution in [2.24, 2.45) is 0 Å². The number of carbonyl (C=O) groups excluding carboxylic acids is 1. The molecular formula is C14H18N2O3. The third kappa shape index (κ3) is 2.86. The van der Waals surface area contributed by atoms with Crippen LogP contribution in [0.4, 0.5) is 4.79 Å². The minimum absolute atomic E-state index is 0.332. The van der Waals surface area contributed by atoms with Crippen LogP contribution < -0.4 is 5.32 Å². The molecule has 1 aliphatic heterocycles. The first-order valence-corrected chi connectivity index (χ1v) is 6.27. The molecule has 0 saturated heterocycles. The van der Waals surface area contributed by atoms with Crippen LogP contribution in [-0.4, -0.2) is 34.1 Å². The summed E-state index contributed by atoms with van der Waals surface area (Å²) < 4.78 is 0. The molecule has 102 valence electrons. The standard InChI is InChI=1S/C14H18N2O3/c1-14(2,12(17)18)15-13(19)16-8-7-10-5-3-4-6-11(10)9-16/h3-6H,7-9H2,1-2H3,(H,15,19)(H,17,18). The maximum atomic E-state index is 12.1. The Morgan fingerprint density at radius 3 is 2.53 bits per heavy atom. The quantitative estimate of drug-likeness (QED) is 0.851. The molecule has 0 unspecified atom stereocenters. The molecule has 1 heterocycles. The van der Waals surface area contributed by atoms with Crippen LogP contribution in [-0.2, 0) is 17.8 Å². The highest BCUT2D eigenvalue weighted by Gasteiger charge is 2.31. The van der Waals surface area contributed by atoms with Crippen LogP contribution in [0.2, 0.25) is 0 Å². The molecule has 0 aromatic heterocycles. The molecule has 19 heavy (non-hydrogen) atoms. The fourth-order valence-electron chi connectivity index (χ4n) is 2.07. The summed E-state index contributed by atoms with van der Waals surface area (Å²) in [6.07, 6.45) is 0.803. The Labute approximate surface area is 112 Å². The van der Waals surface area contributed by atoms with Gasteiger partial charge in [-0.25, -0.2) is 9.59 Å². The number of aliphatic carboxylic acids is 1. The summed E-state index contributed by atoms with van der Waals surface area (Å²) in [5.41, 5.74) is 1.12. The zero-order valence-electron chi connectivity index (χ0n) is 11.1. The average molecular weight is 262 g/mol. The van der Waals surface area contributed by atoms with E-state index < -0.39 is 11.5 Å². The smallest absolute Gasteiger partial charge is 0.328 e. The third-order valence-corrected chi connectivity index (χ3v) is 3.37. The van der Waals surface area contributed by atoms with Gasteiger partial charge in [0.1, 0.15) is 5.54 Å². The summed E-state index contributed by atoms with van der Waals surface area (Å²) in [6.45, 7) is 4.09. The number of carbonyl (C=O) groups is 2. The van der Waals surface area contributed by atoms with E-state index in [2.05, 4.69) is 11.4 Å². The number of rotatable bonds is 2. The number of hydrogen-bond donors (Lipinski definition) is 2. The van der Waals surface area contributed by atoms with E-state index in [1.165, 1.54) is 19.4 Å². The van der Waals surface area contributed by atoms with Crippen molar-refractivity contribution in [3.05, 3.63) is 35.4 Å². The number of nitrogens with zero attached hydrogens (tertiary/aromatic N) is 1. The van der Waals surface area contributed by atoms with E-state index in [0.29, 0.717) is 13.1 Å². The lowest BCUT2D eigenvalue weighted by atomic mass is 10.00. The monoisotopic (exact) mass is 262 g/mol. The molecule has 0 atom stereocenters. The first-order valence-electron chi connectivity index (χ1n) is 6.27. The van der Waals surface area contributed by atoms with E-state index in [4.69, 9.17) is 5.11 Å². The highest BCUT2D eigenvalue weighted by molar-refractivity contribution is 5.85. The maximum absolute atomic E-state index is 12.1. The van der Waals surface area contributed by atoms with Crippen molar-refractivity contribution in [3.8, 4) is 0 Å². The number of urea groups is 1. The number of nitrogens with one attached hydrogen (secondary N) is 1. The van der Waals surface area contributed by atoms with Crippen molar-refractivity contribution in [2.75, 3.05) is 6.54 Å². The van der Waals surface area contributed by atoms with Gasteiger partial charge in [-0.15, -0.1) is 0 Å². The zero-order valence-corrected chi connectivity index (χ0v) is 11.1. The summed E-state index contributed by atoms with van der Waals surface area (Å²) in [5.74, 6) is -1.04. The second kappa shape index (κ2) is 4.91. The molecule has 2 N–H and O–H groups in total. The Balaban J connectivity index is 2.05. The van der Waals surface area contributed by atoms with Gasteiger partial charge >= 0.3 is 12.0 Å². The third-order valence-electron chi connectivity index (χ3n) is 3.37. The molecule has 0 bridgehead atoms. The maximum Gasteiger partial charge on any atom is 0.328 e. The van der Waals surface area contributed by atoms with Crippen LogP contribution in [0.25, 0.3) is 0 Å². The van der Waals surface area contributed by atoms with Gasteiger partial charge in [-0.3, -0.25) is 0 Å². The Kier molecular flexibility index (Phi) is 3.46. The van der Waals surface area contributed by atoms with Crippen molar-refractivity contribution in [1.29, 1.82) is 0 Å². The van der Waals surface area contributed by atoms with Gasteiger partial charge in [0, 0.05) is 13.1 Å². The van der Waals surface area contributed by atoms with E-state index in [9.17, 15) is 9.59 Å². The van der Waals surface area contributed by atoms with Gasteiger partial charge in [0.25, 0.3) is 0 Å². The SMILES string of the molecule is CC(C)(NC(=O)N1CCc2ccccc2C1)C(=O)O. The van der Waals surface area contributed by atoms with E-state index in [1.54, 1.807) is 4.90 Å². The lowest BCUT2D eigenvalue weighted by Crippen LogP contribution is -2.54. The highest BCUT2D eigenvalue weighted by Crippen LogP contribution is 2.18. The molecule has 0 aliphatic carbocycles. The van der Waals surface area contributed by atoms with Gasteiger partial charge in [-0.1, -0.05) is 24.3 Å². The average Bonchev–Trinajstić information content (AvgIpc) is 2.37. The predicted octanol–water partition coefficient (Wildman–Crippen LogP) is 1.62.